The third-order valence-corrected chi connectivity index (χ3v) is 3.33. The normalized spacial score (nSPS) is 10.6. The summed E-state index contributed by atoms with van der Waals surface area (Å²) in [6.45, 7) is 2.03. The van der Waals surface area contributed by atoms with Crippen molar-refractivity contribution in [1.29, 1.82) is 0 Å². The molecule has 17 heavy (non-hydrogen) atoms. The number of benzene rings is 1. The Bertz CT molecular complexity index is 631. The van der Waals surface area contributed by atoms with Crippen molar-refractivity contribution in [3.8, 4) is 11.5 Å². The van der Waals surface area contributed by atoms with Crippen molar-refractivity contribution in [1.82, 2.24) is 4.57 Å². The first kappa shape index (κ1) is 11.9. The molecule has 0 radical (unpaired) electrons. The Hall–Kier alpha value is -1.55. The van der Waals surface area contributed by atoms with E-state index < -0.39 is 0 Å². The van der Waals surface area contributed by atoms with E-state index in [0.717, 1.165) is 32.6 Å². The van der Waals surface area contributed by atoms with Crippen LogP contribution in [0.3, 0.4) is 0 Å². The van der Waals surface area contributed by atoms with E-state index in [9.17, 15) is 0 Å². The molecule has 1 aromatic heterocycles. The van der Waals surface area contributed by atoms with Gasteiger partial charge in [-0.25, -0.2) is 0 Å². The highest BCUT2D eigenvalue weighted by molar-refractivity contribution is 7.71. The third-order valence-electron chi connectivity index (χ3n) is 2.94. The Balaban J connectivity index is 3.05. The summed E-state index contributed by atoms with van der Waals surface area (Å²) in [5, 5.41) is 1.04. The van der Waals surface area contributed by atoms with Gasteiger partial charge in [0.15, 0.2) is 0 Å². The zero-order chi connectivity index (χ0) is 12.6. The molecule has 0 unspecified atom stereocenters. The van der Waals surface area contributed by atoms with Crippen LogP contribution in [0.4, 0.5) is 0 Å². The van der Waals surface area contributed by atoms with E-state index in [0.29, 0.717) is 0 Å². The lowest BCUT2D eigenvalue weighted by Crippen LogP contribution is -2.00. The lowest BCUT2D eigenvalue weighted by molar-refractivity contribution is 0.408. The second kappa shape index (κ2) is 4.37. The molecule has 0 aliphatic carbocycles. The highest BCUT2D eigenvalue weighted by Gasteiger charge is 2.12. The average Bonchev–Trinajstić information content (AvgIpc) is 2.34. The maximum absolute atomic E-state index is 5.40. The van der Waals surface area contributed by atoms with Crippen LogP contribution in [-0.4, -0.2) is 18.8 Å². The van der Waals surface area contributed by atoms with Crippen molar-refractivity contribution < 1.29 is 9.47 Å². The highest BCUT2D eigenvalue weighted by atomic mass is 32.1. The van der Waals surface area contributed by atoms with Crippen LogP contribution in [0.1, 0.15) is 5.56 Å². The molecule has 0 fully saturated rings. The first-order valence-electron chi connectivity index (χ1n) is 5.31. The Morgan fingerprint density at radius 2 is 1.71 bits per heavy atom. The van der Waals surface area contributed by atoms with Crippen LogP contribution in [0.15, 0.2) is 18.2 Å². The molecule has 0 amide bonds. The molecule has 0 spiro atoms. The fraction of sp³-hybridized carbons (Fsp3) is 0.308. The smallest absolute Gasteiger partial charge is 0.143 e. The van der Waals surface area contributed by atoms with E-state index in [4.69, 9.17) is 21.7 Å². The summed E-state index contributed by atoms with van der Waals surface area (Å²) in [4.78, 5) is 0. The van der Waals surface area contributed by atoms with Crippen LogP contribution in [0.2, 0.25) is 0 Å². The van der Waals surface area contributed by atoms with Gasteiger partial charge in [-0.2, -0.15) is 0 Å². The number of hydrogen-bond acceptors (Lipinski definition) is 3. The summed E-state index contributed by atoms with van der Waals surface area (Å²) in [7, 11) is 5.26. The Kier molecular flexibility index (Phi) is 3.07. The van der Waals surface area contributed by atoms with E-state index >= 15 is 0 Å². The largest absolute Gasteiger partial charge is 0.496 e. The zero-order valence-corrected chi connectivity index (χ0v) is 11.2. The Morgan fingerprint density at radius 3 is 2.29 bits per heavy atom. The molecular weight excluding hydrogens is 234 g/mol. The molecule has 4 heteroatoms. The maximum atomic E-state index is 5.40. The minimum Gasteiger partial charge on any atom is -0.496 e. The molecule has 2 rings (SSSR count). The molecule has 0 aliphatic rings. The van der Waals surface area contributed by atoms with Gasteiger partial charge in [0, 0.05) is 12.4 Å². The molecule has 1 aromatic carbocycles. The van der Waals surface area contributed by atoms with Gasteiger partial charge >= 0.3 is 0 Å². The lowest BCUT2D eigenvalue weighted by Gasteiger charge is -2.15. The van der Waals surface area contributed by atoms with Crippen LogP contribution >= 0.6 is 12.2 Å². The lowest BCUT2D eigenvalue weighted by atomic mass is 10.1. The van der Waals surface area contributed by atoms with E-state index in [1.165, 1.54) is 0 Å². The molecule has 3 nitrogen and oxygen atoms in total. The number of hydrogen-bond donors (Lipinski definition) is 0. The van der Waals surface area contributed by atoms with Gasteiger partial charge in [0.25, 0.3) is 0 Å². The van der Waals surface area contributed by atoms with Gasteiger partial charge in [0.2, 0.25) is 0 Å². The van der Waals surface area contributed by atoms with Crippen molar-refractivity contribution in [3.05, 3.63) is 28.4 Å². The van der Waals surface area contributed by atoms with E-state index in [1.807, 2.05) is 36.7 Å². The Morgan fingerprint density at radius 1 is 1.12 bits per heavy atom. The molecular formula is C13H15NO2S. The minimum absolute atomic E-state index is 0.779. The maximum Gasteiger partial charge on any atom is 0.143 e. The molecule has 0 saturated carbocycles. The van der Waals surface area contributed by atoms with E-state index in [-0.39, 0.29) is 0 Å². The molecule has 90 valence electrons. The Labute approximate surface area is 106 Å². The first-order chi connectivity index (χ1) is 8.10. The second-order valence-electron chi connectivity index (χ2n) is 3.92. The number of aryl methyl sites for hydroxylation is 2. The van der Waals surface area contributed by atoms with Crippen LogP contribution in [-0.2, 0) is 7.05 Å². The summed E-state index contributed by atoms with van der Waals surface area (Å²) >= 11 is 5.32. The first-order valence-corrected chi connectivity index (χ1v) is 5.72. The average molecular weight is 249 g/mol. The number of aromatic nitrogens is 1. The number of rotatable bonds is 2. The molecule has 2 aromatic rings. The highest BCUT2D eigenvalue weighted by Crippen LogP contribution is 2.34. The number of fused-ring (bicyclic) bond motifs is 1. The molecule has 0 saturated heterocycles. The summed E-state index contributed by atoms with van der Waals surface area (Å²) in [6, 6.07) is 5.78. The fourth-order valence-electron chi connectivity index (χ4n) is 2.07. The van der Waals surface area contributed by atoms with Crippen molar-refractivity contribution in [2.45, 2.75) is 6.92 Å². The predicted octanol–water partition coefficient (Wildman–Crippen LogP) is 3.23. The van der Waals surface area contributed by atoms with Crippen molar-refractivity contribution in [3.63, 3.8) is 0 Å². The fourth-order valence-corrected chi connectivity index (χ4v) is 2.33. The van der Waals surface area contributed by atoms with Gasteiger partial charge in [0.1, 0.15) is 16.1 Å². The summed E-state index contributed by atoms with van der Waals surface area (Å²) in [5.74, 6) is 1.64. The third kappa shape index (κ3) is 1.78. The SMILES string of the molecule is COc1ccc(OC)c2c1c(C)cc(=S)n2C. The van der Waals surface area contributed by atoms with E-state index in [1.54, 1.807) is 14.2 Å². The van der Waals surface area contributed by atoms with Gasteiger partial charge in [-0.15, -0.1) is 0 Å². The summed E-state index contributed by atoms with van der Waals surface area (Å²) in [5.41, 5.74) is 2.07. The number of ether oxygens (including phenoxy) is 2. The van der Waals surface area contributed by atoms with E-state index in [2.05, 4.69) is 0 Å². The molecule has 0 bridgehead atoms. The predicted molar refractivity (Wildman–Crippen MR) is 71.6 cm³/mol. The van der Waals surface area contributed by atoms with Crippen molar-refractivity contribution in [2.75, 3.05) is 14.2 Å². The molecule has 0 aliphatic heterocycles. The van der Waals surface area contributed by atoms with Gasteiger partial charge < -0.3 is 14.0 Å². The standard InChI is InChI=1S/C13H15NO2S/c1-8-7-11(17)14(2)13-10(16-4)6-5-9(15-3)12(8)13/h5-7H,1-4H3. The molecule has 0 N–H and O–H groups in total. The van der Waals surface area contributed by atoms with Gasteiger partial charge in [-0.3, -0.25) is 0 Å². The summed E-state index contributed by atoms with van der Waals surface area (Å²) < 4.78 is 13.5. The van der Waals surface area contributed by atoms with Crippen LogP contribution < -0.4 is 9.47 Å². The van der Waals surface area contributed by atoms with Crippen molar-refractivity contribution in [2.24, 2.45) is 7.05 Å². The number of methoxy groups -OCH3 is 2. The van der Waals surface area contributed by atoms with Gasteiger partial charge in [-0.1, -0.05) is 12.2 Å². The minimum atomic E-state index is 0.779. The van der Waals surface area contributed by atoms with Crippen LogP contribution in [0.5, 0.6) is 11.5 Å². The number of nitrogens with zero attached hydrogens (tertiary/aromatic N) is 1. The van der Waals surface area contributed by atoms with Crippen molar-refractivity contribution >= 4 is 23.1 Å². The summed E-state index contributed by atoms with van der Waals surface area (Å²) in [6.07, 6.45) is 0. The second-order valence-corrected chi connectivity index (χ2v) is 4.34. The zero-order valence-electron chi connectivity index (χ0n) is 10.4. The quantitative estimate of drug-likeness (QED) is 0.763. The monoisotopic (exact) mass is 249 g/mol. The molecule has 0 atom stereocenters. The van der Waals surface area contributed by atoms with Gasteiger partial charge in [-0.05, 0) is 30.7 Å². The topological polar surface area (TPSA) is 23.4 Å². The van der Waals surface area contributed by atoms with Gasteiger partial charge in [0.05, 0.1) is 19.7 Å². The molecule has 1 heterocycles. The van der Waals surface area contributed by atoms with Crippen LogP contribution in [0, 0.1) is 11.6 Å². The van der Waals surface area contributed by atoms with Crippen LogP contribution in [0.25, 0.3) is 10.9 Å². The number of pyridine rings is 1.